The monoisotopic (exact) mass is 268 g/mol. The topological polar surface area (TPSA) is 64.3 Å². The number of carbonyl (C=O) groups is 1. The van der Waals surface area contributed by atoms with E-state index in [2.05, 4.69) is 5.32 Å². The summed E-state index contributed by atoms with van der Waals surface area (Å²) in [5.41, 5.74) is 6.57. The number of nitrogens with two attached hydrogens (primary N) is 1. The van der Waals surface area contributed by atoms with E-state index in [-0.39, 0.29) is 17.9 Å². The molecule has 98 valence electrons. The van der Waals surface area contributed by atoms with Crippen LogP contribution in [0.25, 0.3) is 0 Å². The molecule has 1 aliphatic rings. The molecule has 2 unspecified atom stereocenters. The second-order valence-corrected chi connectivity index (χ2v) is 4.95. The summed E-state index contributed by atoms with van der Waals surface area (Å²) in [6, 6.07) is 5.15. The molecule has 0 saturated heterocycles. The first-order valence-corrected chi connectivity index (χ1v) is 6.39. The van der Waals surface area contributed by atoms with E-state index in [1.54, 1.807) is 25.3 Å². The van der Waals surface area contributed by atoms with Gasteiger partial charge in [0, 0.05) is 11.7 Å². The maximum absolute atomic E-state index is 12.0. The van der Waals surface area contributed by atoms with Gasteiger partial charge in [-0.05, 0) is 31.0 Å². The molecule has 5 heteroatoms. The molecule has 0 bridgehead atoms. The van der Waals surface area contributed by atoms with Crippen molar-refractivity contribution in [2.45, 2.75) is 25.3 Å². The molecule has 1 aromatic rings. The first-order valence-electron chi connectivity index (χ1n) is 6.02. The van der Waals surface area contributed by atoms with Crippen LogP contribution in [-0.4, -0.2) is 19.1 Å². The smallest absolute Gasteiger partial charge is 0.229 e. The lowest BCUT2D eigenvalue weighted by atomic mass is 10.0. The molecular formula is C13H17ClN2O2. The van der Waals surface area contributed by atoms with Gasteiger partial charge in [-0.25, -0.2) is 0 Å². The van der Waals surface area contributed by atoms with Gasteiger partial charge in [0.15, 0.2) is 0 Å². The molecule has 0 radical (unpaired) electrons. The van der Waals surface area contributed by atoms with Crippen molar-refractivity contribution in [3.63, 3.8) is 0 Å². The first-order chi connectivity index (χ1) is 8.61. The number of nitrogens with one attached hydrogen (secondary N) is 1. The maximum atomic E-state index is 12.0. The van der Waals surface area contributed by atoms with Crippen LogP contribution in [0.1, 0.15) is 19.3 Å². The van der Waals surface area contributed by atoms with E-state index in [4.69, 9.17) is 22.1 Å². The van der Waals surface area contributed by atoms with Crippen LogP contribution in [-0.2, 0) is 4.79 Å². The van der Waals surface area contributed by atoms with Gasteiger partial charge in [-0.3, -0.25) is 4.79 Å². The molecule has 1 aromatic carbocycles. The zero-order valence-electron chi connectivity index (χ0n) is 10.3. The SMILES string of the molecule is COc1ccc(NC(=O)C2CCCC2N)cc1Cl. The molecule has 3 N–H and O–H groups in total. The second kappa shape index (κ2) is 5.59. The Bertz CT molecular complexity index is 451. The van der Waals surface area contributed by atoms with E-state index >= 15 is 0 Å². The number of amides is 1. The molecule has 18 heavy (non-hydrogen) atoms. The molecule has 0 heterocycles. The minimum atomic E-state index is -0.0918. The minimum Gasteiger partial charge on any atom is -0.495 e. The van der Waals surface area contributed by atoms with E-state index in [0.717, 1.165) is 19.3 Å². The van der Waals surface area contributed by atoms with Gasteiger partial charge in [-0.15, -0.1) is 0 Å². The number of benzene rings is 1. The van der Waals surface area contributed by atoms with Crippen LogP contribution < -0.4 is 15.8 Å². The maximum Gasteiger partial charge on any atom is 0.229 e. The molecule has 2 atom stereocenters. The van der Waals surface area contributed by atoms with E-state index in [9.17, 15) is 4.79 Å². The first kappa shape index (κ1) is 13.2. The molecule has 1 saturated carbocycles. The molecular weight excluding hydrogens is 252 g/mol. The quantitative estimate of drug-likeness (QED) is 0.885. The fraction of sp³-hybridized carbons (Fsp3) is 0.462. The Hall–Kier alpha value is -1.26. The predicted molar refractivity (Wildman–Crippen MR) is 72.0 cm³/mol. The number of halogens is 1. The zero-order valence-corrected chi connectivity index (χ0v) is 11.0. The minimum absolute atomic E-state index is 0.0266. The highest BCUT2D eigenvalue weighted by Gasteiger charge is 2.30. The van der Waals surface area contributed by atoms with Gasteiger partial charge in [-0.1, -0.05) is 18.0 Å². The number of hydrogen-bond donors (Lipinski definition) is 2. The Kier molecular flexibility index (Phi) is 4.09. The second-order valence-electron chi connectivity index (χ2n) is 4.54. The van der Waals surface area contributed by atoms with E-state index in [1.807, 2.05) is 0 Å². The number of hydrogen-bond acceptors (Lipinski definition) is 3. The van der Waals surface area contributed by atoms with E-state index in [0.29, 0.717) is 16.5 Å². The Morgan fingerprint density at radius 2 is 2.28 bits per heavy atom. The van der Waals surface area contributed by atoms with Crippen molar-refractivity contribution in [1.29, 1.82) is 0 Å². The average molecular weight is 269 g/mol. The molecule has 0 aliphatic heterocycles. The summed E-state index contributed by atoms with van der Waals surface area (Å²) in [7, 11) is 1.55. The summed E-state index contributed by atoms with van der Waals surface area (Å²) in [6.07, 6.45) is 2.79. The molecule has 4 nitrogen and oxygen atoms in total. The fourth-order valence-corrected chi connectivity index (χ4v) is 2.55. The molecule has 2 rings (SSSR count). The van der Waals surface area contributed by atoms with Crippen molar-refractivity contribution < 1.29 is 9.53 Å². The van der Waals surface area contributed by atoms with Crippen LogP contribution in [0.3, 0.4) is 0 Å². The fourth-order valence-electron chi connectivity index (χ4n) is 2.29. The van der Waals surface area contributed by atoms with E-state index in [1.165, 1.54) is 0 Å². The number of methoxy groups -OCH3 is 1. The van der Waals surface area contributed by atoms with Gasteiger partial charge < -0.3 is 15.8 Å². The zero-order chi connectivity index (χ0) is 13.1. The summed E-state index contributed by atoms with van der Waals surface area (Å²) >= 11 is 6.00. The molecule has 1 fully saturated rings. The number of anilines is 1. The van der Waals surface area contributed by atoms with E-state index < -0.39 is 0 Å². The summed E-state index contributed by atoms with van der Waals surface area (Å²) in [5.74, 6) is 0.472. The van der Waals surface area contributed by atoms with Crippen LogP contribution in [0, 0.1) is 5.92 Å². The third kappa shape index (κ3) is 2.76. The Labute approximate surface area is 111 Å². The number of rotatable bonds is 3. The third-order valence-corrected chi connectivity index (χ3v) is 3.62. The van der Waals surface area contributed by atoms with Gasteiger partial charge in [0.25, 0.3) is 0 Å². The van der Waals surface area contributed by atoms with Gasteiger partial charge in [0.05, 0.1) is 18.1 Å². The Morgan fingerprint density at radius 3 is 2.83 bits per heavy atom. The lowest BCUT2D eigenvalue weighted by Crippen LogP contribution is -2.34. The number of carbonyl (C=O) groups excluding carboxylic acids is 1. The summed E-state index contributed by atoms with van der Waals surface area (Å²) in [4.78, 5) is 12.0. The molecule has 0 spiro atoms. The van der Waals surface area contributed by atoms with Gasteiger partial charge >= 0.3 is 0 Å². The summed E-state index contributed by atoms with van der Waals surface area (Å²) in [6.45, 7) is 0. The summed E-state index contributed by atoms with van der Waals surface area (Å²) in [5, 5.41) is 3.33. The Balaban J connectivity index is 2.05. The third-order valence-electron chi connectivity index (χ3n) is 3.33. The highest BCUT2D eigenvalue weighted by Crippen LogP contribution is 2.29. The predicted octanol–water partition coefficient (Wildman–Crippen LogP) is 2.41. The van der Waals surface area contributed by atoms with Crippen molar-refractivity contribution in [3.05, 3.63) is 23.2 Å². The van der Waals surface area contributed by atoms with Crippen molar-refractivity contribution in [2.75, 3.05) is 12.4 Å². The largest absolute Gasteiger partial charge is 0.495 e. The van der Waals surface area contributed by atoms with Crippen molar-refractivity contribution in [1.82, 2.24) is 0 Å². The van der Waals surface area contributed by atoms with Crippen LogP contribution in [0.2, 0.25) is 5.02 Å². The standard InChI is InChI=1S/C13H17ClN2O2/c1-18-12-6-5-8(7-10(12)14)16-13(17)9-3-2-4-11(9)15/h5-7,9,11H,2-4,15H2,1H3,(H,16,17). The Morgan fingerprint density at radius 1 is 1.50 bits per heavy atom. The van der Waals surface area contributed by atoms with Gasteiger partial charge in [0.1, 0.15) is 5.75 Å². The molecule has 1 aliphatic carbocycles. The normalized spacial score (nSPS) is 22.8. The van der Waals surface area contributed by atoms with Crippen LogP contribution in [0.4, 0.5) is 5.69 Å². The van der Waals surface area contributed by atoms with Crippen LogP contribution in [0.15, 0.2) is 18.2 Å². The van der Waals surface area contributed by atoms with Gasteiger partial charge in [0.2, 0.25) is 5.91 Å². The average Bonchev–Trinajstić information content (AvgIpc) is 2.76. The lowest BCUT2D eigenvalue weighted by molar-refractivity contribution is -0.120. The van der Waals surface area contributed by atoms with Crippen molar-refractivity contribution >= 4 is 23.2 Å². The van der Waals surface area contributed by atoms with Gasteiger partial charge in [-0.2, -0.15) is 0 Å². The number of ether oxygens (including phenoxy) is 1. The molecule has 1 amide bonds. The molecule has 0 aromatic heterocycles. The van der Waals surface area contributed by atoms with Crippen molar-refractivity contribution in [2.24, 2.45) is 11.7 Å². The van der Waals surface area contributed by atoms with Crippen molar-refractivity contribution in [3.8, 4) is 5.75 Å². The van der Waals surface area contributed by atoms with Crippen LogP contribution >= 0.6 is 11.6 Å². The van der Waals surface area contributed by atoms with Crippen LogP contribution in [0.5, 0.6) is 5.75 Å². The highest BCUT2D eigenvalue weighted by atomic mass is 35.5. The highest BCUT2D eigenvalue weighted by molar-refractivity contribution is 6.32. The lowest BCUT2D eigenvalue weighted by Gasteiger charge is -2.15. The summed E-state index contributed by atoms with van der Waals surface area (Å²) < 4.78 is 5.06.